The van der Waals surface area contributed by atoms with Gasteiger partial charge in [0.1, 0.15) is 11.6 Å². The monoisotopic (exact) mass is 479 g/mol. The highest BCUT2D eigenvalue weighted by Gasteiger charge is 2.40. The molecular weight excluding hydrogens is 449 g/mol. The van der Waals surface area contributed by atoms with E-state index in [1.54, 1.807) is 12.5 Å². The van der Waals surface area contributed by atoms with Gasteiger partial charge in [-0.2, -0.15) is 0 Å². The van der Waals surface area contributed by atoms with Crippen molar-refractivity contribution in [1.29, 1.82) is 0 Å². The lowest BCUT2D eigenvalue weighted by atomic mass is 9.91. The number of nitrogens with one attached hydrogen (secondary N) is 2. The number of rotatable bonds is 7. The molecule has 1 aromatic rings. The minimum atomic E-state index is -0.561. The first-order valence-corrected chi connectivity index (χ1v) is 10.3. The number of hydrogen-bond donors (Lipinski definition) is 2. The maximum Gasteiger partial charge on any atom is 0.324 e. The van der Waals surface area contributed by atoms with Gasteiger partial charge < -0.3 is 24.5 Å². The molecule has 2 N–H and O–H groups in total. The highest BCUT2D eigenvalue weighted by atomic mass is 127. The number of H-pyrrole nitrogens is 1. The van der Waals surface area contributed by atoms with E-state index < -0.39 is 17.4 Å². The molecule has 0 unspecified atom stereocenters. The average molecular weight is 479 g/mol. The van der Waals surface area contributed by atoms with Crippen LogP contribution in [-0.2, 0) is 25.4 Å². The standard InChI is InChI=1S/C18H30IN3O4/c1-16(2,3)26-15(23)14(6-13-7-20-12-22-13)21-9-18(8-19)10-24-17(4,5)25-11-18/h7,12,14,21H,6,8-11H2,1-5H3,(H,20,22)/t14-/m0/s1. The van der Waals surface area contributed by atoms with E-state index in [9.17, 15) is 4.79 Å². The molecule has 1 aliphatic heterocycles. The summed E-state index contributed by atoms with van der Waals surface area (Å²) in [5.41, 5.74) is 0.0983. The van der Waals surface area contributed by atoms with Crippen LogP contribution in [0.15, 0.2) is 12.5 Å². The Hall–Kier alpha value is -0.710. The Kier molecular flexibility index (Phi) is 7.09. The third kappa shape index (κ3) is 6.47. The van der Waals surface area contributed by atoms with Crippen molar-refractivity contribution in [1.82, 2.24) is 15.3 Å². The first-order valence-electron chi connectivity index (χ1n) is 8.82. The fraction of sp³-hybridized carbons (Fsp3) is 0.778. The SMILES string of the molecule is CC(C)(C)OC(=O)[C@H](Cc1c[nH]cn1)NCC1(CI)COC(C)(C)OC1. The van der Waals surface area contributed by atoms with Crippen molar-refractivity contribution >= 4 is 28.6 Å². The van der Waals surface area contributed by atoms with Crippen molar-refractivity contribution in [3.05, 3.63) is 18.2 Å². The van der Waals surface area contributed by atoms with Gasteiger partial charge in [-0.25, -0.2) is 4.98 Å². The van der Waals surface area contributed by atoms with Crippen molar-refractivity contribution < 1.29 is 19.0 Å². The third-order valence-electron chi connectivity index (χ3n) is 4.12. The van der Waals surface area contributed by atoms with E-state index in [1.807, 2.05) is 34.6 Å². The smallest absolute Gasteiger partial charge is 0.324 e. The molecule has 1 atom stereocenters. The first kappa shape index (κ1) is 21.6. The largest absolute Gasteiger partial charge is 0.459 e. The van der Waals surface area contributed by atoms with Crippen LogP contribution in [0.3, 0.4) is 0 Å². The second-order valence-corrected chi connectivity index (χ2v) is 9.11. The van der Waals surface area contributed by atoms with Gasteiger partial charge in [0.2, 0.25) is 0 Å². The average Bonchev–Trinajstić information content (AvgIpc) is 3.04. The molecule has 0 bridgehead atoms. The zero-order valence-corrected chi connectivity index (χ0v) is 18.4. The van der Waals surface area contributed by atoms with Crippen LogP contribution in [-0.4, -0.2) is 57.6 Å². The Balaban J connectivity index is 2.04. The molecule has 1 aromatic heterocycles. The van der Waals surface area contributed by atoms with Gasteiger partial charge >= 0.3 is 5.97 Å². The second-order valence-electron chi connectivity index (χ2n) is 8.34. The summed E-state index contributed by atoms with van der Waals surface area (Å²) >= 11 is 2.35. The minimum absolute atomic E-state index is 0.179. The van der Waals surface area contributed by atoms with Crippen LogP contribution in [0.1, 0.15) is 40.3 Å². The van der Waals surface area contributed by atoms with Crippen LogP contribution in [0.25, 0.3) is 0 Å². The molecule has 0 saturated carbocycles. The lowest BCUT2D eigenvalue weighted by Crippen LogP contribution is -2.55. The number of halogens is 1. The molecule has 1 saturated heterocycles. The van der Waals surface area contributed by atoms with E-state index in [4.69, 9.17) is 14.2 Å². The Bertz CT molecular complexity index is 574. The summed E-state index contributed by atoms with van der Waals surface area (Å²) in [4.78, 5) is 19.8. The van der Waals surface area contributed by atoms with Gasteiger partial charge in [-0.1, -0.05) is 22.6 Å². The van der Waals surface area contributed by atoms with Crippen molar-refractivity contribution in [3.63, 3.8) is 0 Å². The predicted octanol–water partition coefficient (Wildman–Crippen LogP) is 2.46. The molecule has 7 nitrogen and oxygen atoms in total. The van der Waals surface area contributed by atoms with Crippen LogP contribution in [0.4, 0.5) is 0 Å². The number of carbonyl (C=O) groups excluding carboxylic acids is 1. The summed E-state index contributed by atoms with van der Waals surface area (Å²) < 4.78 is 18.1. The second kappa shape index (κ2) is 8.53. The number of carbonyl (C=O) groups is 1. The molecule has 2 heterocycles. The molecule has 1 fully saturated rings. The minimum Gasteiger partial charge on any atom is -0.459 e. The Morgan fingerprint density at radius 2 is 2.08 bits per heavy atom. The summed E-state index contributed by atoms with van der Waals surface area (Å²) in [5, 5.41) is 3.38. The number of nitrogens with zero attached hydrogens (tertiary/aromatic N) is 1. The summed E-state index contributed by atoms with van der Waals surface area (Å²) in [6.07, 6.45) is 3.87. The highest BCUT2D eigenvalue weighted by molar-refractivity contribution is 14.1. The lowest BCUT2D eigenvalue weighted by molar-refractivity contribution is -0.280. The van der Waals surface area contributed by atoms with Crippen molar-refractivity contribution in [2.24, 2.45) is 5.41 Å². The zero-order valence-electron chi connectivity index (χ0n) is 16.2. The van der Waals surface area contributed by atoms with E-state index >= 15 is 0 Å². The van der Waals surface area contributed by atoms with E-state index in [-0.39, 0.29) is 11.4 Å². The summed E-state index contributed by atoms with van der Waals surface area (Å²) in [6, 6.07) is -0.479. The van der Waals surface area contributed by atoms with Crippen LogP contribution in [0.2, 0.25) is 0 Å². The van der Waals surface area contributed by atoms with Crippen molar-refractivity contribution in [2.45, 2.75) is 58.5 Å². The Morgan fingerprint density at radius 3 is 2.58 bits per heavy atom. The van der Waals surface area contributed by atoms with Gasteiger partial charge in [-0.3, -0.25) is 4.79 Å². The number of ether oxygens (including phenoxy) is 3. The normalized spacial score (nSPS) is 20.5. The molecule has 2 rings (SSSR count). The Morgan fingerprint density at radius 1 is 1.42 bits per heavy atom. The molecule has 148 valence electrons. The van der Waals surface area contributed by atoms with Crippen LogP contribution >= 0.6 is 22.6 Å². The van der Waals surface area contributed by atoms with Gasteiger partial charge in [-0.15, -0.1) is 0 Å². The van der Waals surface area contributed by atoms with Gasteiger partial charge in [0.15, 0.2) is 5.79 Å². The predicted molar refractivity (Wildman–Crippen MR) is 107 cm³/mol. The molecule has 0 amide bonds. The van der Waals surface area contributed by atoms with Crippen molar-refractivity contribution in [2.75, 3.05) is 24.2 Å². The first-order chi connectivity index (χ1) is 12.0. The number of imidazole rings is 1. The summed E-state index contributed by atoms with van der Waals surface area (Å²) in [7, 11) is 0. The molecule has 0 spiro atoms. The maximum absolute atomic E-state index is 12.7. The summed E-state index contributed by atoms with van der Waals surface area (Å²) in [5.74, 6) is -0.836. The molecule has 0 radical (unpaired) electrons. The highest BCUT2D eigenvalue weighted by Crippen LogP contribution is 2.31. The van der Waals surface area contributed by atoms with Gasteiger partial charge in [0.05, 0.1) is 25.2 Å². The van der Waals surface area contributed by atoms with Gasteiger partial charge in [0, 0.05) is 29.0 Å². The number of aromatic nitrogens is 2. The molecule has 26 heavy (non-hydrogen) atoms. The van der Waals surface area contributed by atoms with E-state index in [0.717, 1.165) is 10.1 Å². The van der Waals surface area contributed by atoms with E-state index in [0.29, 0.717) is 26.2 Å². The van der Waals surface area contributed by atoms with E-state index in [2.05, 4.69) is 37.9 Å². The molecular formula is C18H30IN3O4. The van der Waals surface area contributed by atoms with Crippen LogP contribution in [0.5, 0.6) is 0 Å². The number of aromatic amines is 1. The van der Waals surface area contributed by atoms with E-state index in [1.165, 1.54) is 0 Å². The molecule has 0 aliphatic carbocycles. The number of esters is 1. The molecule has 1 aliphatic rings. The molecule has 8 heteroatoms. The fourth-order valence-corrected chi connectivity index (χ4v) is 3.24. The quantitative estimate of drug-likeness (QED) is 0.355. The van der Waals surface area contributed by atoms with Crippen LogP contribution < -0.4 is 5.32 Å². The number of alkyl halides is 1. The zero-order chi connectivity index (χ0) is 19.4. The fourth-order valence-electron chi connectivity index (χ4n) is 2.53. The van der Waals surface area contributed by atoms with Crippen LogP contribution in [0, 0.1) is 5.41 Å². The lowest BCUT2D eigenvalue weighted by Gasteiger charge is -2.43. The van der Waals surface area contributed by atoms with Gasteiger partial charge in [-0.05, 0) is 34.6 Å². The number of hydrogen-bond acceptors (Lipinski definition) is 6. The topological polar surface area (TPSA) is 85.5 Å². The maximum atomic E-state index is 12.7. The third-order valence-corrected chi connectivity index (χ3v) is 5.74. The van der Waals surface area contributed by atoms with Gasteiger partial charge in [0.25, 0.3) is 0 Å². The molecule has 0 aromatic carbocycles. The summed E-state index contributed by atoms with van der Waals surface area (Å²) in [6.45, 7) is 11.2. The Labute approximate surface area is 169 Å². The van der Waals surface area contributed by atoms with Crippen molar-refractivity contribution in [3.8, 4) is 0 Å².